The number of benzene rings is 2. The summed E-state index contributed by atoms with van der Waals surface area (Å²) < 4.78 is 29.7. The van der Waals surface area contributed by atoms with E-state index in [9.17, 15) is 8.78 Å². The Bertz CT molecular complexity index is 610. The van der Waals surface area contributed by atoms with Crippen LogP contribution in [-0.2, 0) is 0 Å². The molecule has 0 amide bonds. The molecule has 0 aliphatic heterocycles. The maximum Gasteiger partial charge on any atom is 0.128 e. The largest absolute Gasteiger partial charge is 0.397 e. The number of nitrogens with two attached hydrogens (primary N) is 1. The van der Waals surface area contributed by atoms with Crippen molar-refractivity contribution in [3.8, 4) is 0 Å². The first kappa shape index (κ1) is 23.8. The van der Waals surface area contributed by atoms with Crippen molar-refractivity contribution in [3.05, 3.63) is 56.4 Å². The molecule has 0 aliphatic carbocycles. The second-order valence-corrected chi connectivity index (χ2v) is 8.66. The second kappa shape index (κ2) is 10.0. The number of nitrogen functional groups attached to an aromatic ring is 1. The molecule has 1 nitrogen and oxygen atoms in total. The summed E-state index contributed by atoms with van der Waals surface area (Å²) in [6, 6.07) is 2.83. The van der Waals surface area contributed by atoms with Gasteiger partial charge in [-0.2, -0.15) is 0 Å². The fraction of sp³-hybridized carbons (Fsp3) is 0.200. The third-order valence-electron chi connectivity index (χ3n) is 2.78. The third-order valence-corrected chi connectivity index (χ3v) is 8.68. The molecule has 2 N–H and O–H groups in total. The summed E-state index contributed by atoms with van der Waals surface area (Å²) in [5.74, 6) is -0.456. The summed E-state index contributed by atoms with van der Waals surface area (Å²) in [5.41, 5.74) is 7.31. The molecule has 2 aromatic carbocycles. The van der Waals surface area contributed by atoms with E-state index in [4.69, 9.17) is 5.73 Å². The Morgan fingerprint density at radius 2 is 1.26 bits per heavy atom. The topological polar surface area (TPSA) is 26.0 Å². The SMILES string of the molecule is C.Cc1c(F)cc(Br)c(I)c1Br.Cc1c(F)cc(Br)c(N)c1Br. The van der Waals surface area contributed by atoms with Crippen LogP contribution in [0.25, 0.3) is 0 Å². The van der Waals surface area contributed by atoms with E-state index in [1.165, 1.54) is 12.1 Å². The minimum Gasteiger partial charge on any atom is -0.397 e. The van der Waals surface area contributed by atoms with Gasteiger partial charge in [-0.05, 0) is 112 Å². The van der Waals surface area contributed by atoms with Gasteiger partial charge >= 0.3 is 0 Å². The molecule has 2 rings (SSSR count). The number of hydrogen-bond donors (Lipinski definition) is 1. The van der Waals surface area contributed by atoms with Crippen LogP contribution in [0.4, 0.5) is 14.5 Å². The highest BCUT2D eigenvalue weighted by Crippen LogP contribution is 2.32. The monoisotopic (exact) mass is 689 g/mol. The first-order valence-corrected chi connectivity index (χ1v) is 10.0. The zero-order valence-corrected chi connectivity index (χ0v) is 19.9. The van der Waals surface area contributed by atoms with E-state index < -0.39 is 0 Å². The van der Waals surface area contributed by atoms with E-state index >= 15 is 0 Å². The molecular formula is C15H14Br4F2IN. The van der Waals surface area contributed by atoms with Crippen LogP contribution < -0.4 is 5.73 Å². The first-order valence-electron chi connectivity index (χ1n) is 5.77. The highest BCUT2D eigenvalue weighted by atomic mass is 127. The van der Waals surface area contributed by atoms with Crippen molar-refractivity contribution < 1.29 is 8.78 Å². The van der Waals surface area contributed by atoms with Gasteiger partial charge in [0.25, 0.3) is 0 Å². The molecular weight excluding hydrogens is 679 g/mol. The molecule has 0 atom stereocenters. The van der Waals surface area contributed by atoms with Crippen molar-refractivity contribution in [1.82, 2.24) is 0 Å². The van der Waals surface area contributed by atoms with Gasteiger partial charge in [0.15, 0.2) is 0 Å². The zero-order chi connectivity index (χ0) is 17.2. The number of anilines is 1. The lowest BCUT2D eigenvalue weighted by molar-refractivity contribution is 0.615. The summed E-state index contributed by atoms with van der Waals surface area (Å²) in [5, 5.41) is 0. The average Bonchev–Trinajstić information content (AvgIpc) is 2.47. The number of hydrogen-bond acceptors (Lipinski definition) is 1. The van der Waals surface area contributed by atoms with Crippen LogP contribution in [0, 0.1) is 29.1 Å². The van der Waals surface area contributed by atoms with Crippen molar-refractivity contribution in [2.24, 2.45) is 0 Å². The molecule has 0 aliphatic rings. The van der Waals surface area contributed by atoms with Gasteiger partial charge in [0, 0.05) is 32.6 Å². The van der Waals surface area contributed by atoms with E-state index in [-0.39, 0.29) is 19.1 Å². The minimum absolute atomic E-state index is 0. The first-order chi connectivity index (χ1) is 10.1. The lowest BCUT2D eigenvalue weighted by Gasteiger charge is -2.05. The van der Waals surface area contributed by atoms with Gasteiger partial charge in [-0.3, -0.25) is 0 Å². The van der Waals surface area contributed by atoms with Gasteiger partial charge in [0.05, 0.1) is 5.69 Å². The van der Waals surface area contributed by atoms with Crippen molar-refractivity contribution in [3.63, 3.8) is 0 Å². The summed E-state index contributed by atoms with van der Waals surface area (Å²) >= 11 is 15.0. The molecule has 0 heterocycles. The summed E-state index contributed by atoms with van der Waals surface area (Å²) in [7, 11) is 0. The Balaban J connectivity index is 0.000000403. The van der Waals surface area contributed by atoms with Crippen molar-refractivity contribution in [2.75, 3.05) is 5.73 Å². The summed E-state index contributed by atoms with van der Waals surface area (Å²) in [6.07, 6.45) is 0. The number of halogens is 7. The molecule has 2 aromatic rings. The van der Waals surface area contributed by atoms with E-state index in [1.807, 2.05) is 0 Å². The predicted molar refractivity (Wildman–Crippen MR) is 117 cm³/mol. The van der Waals surface area contributed by atoms with Crippen LogP contribution in [0.15, 0.2) is 30.0 Å². The fourth-order valence-electron chi connectivity index (χ4n) is 1.37. The molecule has 0 spiro atoms. The van der Waals surface area contributed by atoms with E-state index in [0.717, 1.165) is 12.5 Å². The Kier molecular flexibility index (Phi) is 10.4. The Hall–Kier alpha value is 0.750. The summed E-state index contributed by atoms with van der Waals surface area (Å²) in [6.45, 7) is 3.41. The molecule has 23 heavy (non-hydrogen) atoms. The normalized spacial score (nSPS) is 9.78. The van der Waals surface area contributed by atoms with Crippen LogP contribution in [0.1, 0.15) is 18.6 Å². The van der Waals surface area contributed by atoms with Gasteiger partial charge in [-0.15, -0.1) is 0 Å². The van der Waals surface area contributed by atoms with Gasteiger partial charge in [0.1, 0.15) is 11.6 Å². The highest BCUT2D eigenvalue weighted by molar-refractivity contribution is 14.1. The van der Waals surface area contributed by atoms with Crippen molar-refractivity contribution in [1.29, 1.82) is 0 Å². The second-order valence-electron chi connectivity index (χ2n) is 4.29. The van der Waals surface area contributed by atoms with Crippen LogP contribution in [0.3, 0.4) is 0 Å². The molecule has 128 valence electrons. The molecule has 0 radical (unpaired) electrons. The van der Waals surface area contributed by atoms with Gasteiger partial charge in [-0.1, -0.05) is 7.43 Å². The Morgan fingerprint density at radius 3 is 1.74 bits per heavy atom. The fourth-order valence-corrected chi connectivity index (χ4v) is 4.06. The molecule has 8 heteroatoms. The van der Waals surface area contributed by atoms with Gasteiger partial charge < -0.3 is 5.73 Å². The van der Waals surface area contributed by atoms with E-state index in [2.05, 4.69) is 86.3 Å². The molecule has 0 saturated carbocycles. The summed E-state index contributed by atoms with van der Waals surface area (Å²) in [4.78, 5) is 0. The smallest absolute Gasteiger partial charge is 0.128 e. The van der Waals surface area contributed by atoms with E-state index in [0.29, 0.717) is 25.8 Å². The Morgan fingerprint density at radius 1 is 0.870 bits per heavy atom. The molecule has 0 saturated heterocycles. The van der Waals surface area contributed by atoms with Crippen LogP contribution in [-0.4, -0.2) is 0 Å². The minimum atomic E-state index is -0.266. The molecule has 0 aromatic heterocycles. The van der Waals surface area contributed by atoms with Gasteiger partial charge in [-0.25, -0.2) is 8.78 Å². The van der Waals surface area contributed by atoms with Crippen molar-refractivity contribution >= 4 is 92.0 Å². The third kappa shape index (κ3) is 5.90. The number of rotatable bonds is 0. The van der Waals surface area contributed by atoms with E-state index in [1.54, 1.807) is 13.8 Å². The van der Waals surface area contributed by atoms with Crippen LogP contribution in [0.5, 0.6) is 0 Å². The maximum atomic E-state index is 13.0. The molecule has 0 fully saturated rings. The van der Waals surface area contributed by atoms with Crippen LogP contribution in [0.2, 0.25) is 0 Å². The maximum absolute atomic E-state index is 13.0. The quantitative estimate of drug-likeness (QED) is 0.128. The Labute approximate surface area is 182 Å². The van der Waals surface area contributed by atoms with Crippen LogP contribution >= 0.6 is 86.3 Å². The molecule has 0 bridgehead atoms. The molecule has 0 unspecified atom stereocenters. The van der Waals surface area contributed by atoms with Crippen molar-refractivity contribution in [2.45, 2.75) is 21.3 Å². The lowest BCUT2D eigenvalue weighted by atomic mass is 10.2. The average molecular weight is 693 g/mol. The predicted octanol–water partition coefficient (Wildman–Crippen LogP) is 8.14. The highest BCUT2D eigenvalue weighted by Gasteiger charge is 2.09. The van der Waals surface area contributed by atoms with Gasteiger partial charge in [0.2, 0.25) is 0 Å². The lowest BCUT2D eigenvalue weighted by Crippen LogP contribution is -1.93. The standard InChI is InChI=1S/C7H4Br2FI.C7H6Br2FN.CH4/c2*1-3-5(10)2-4(8)7(11)6(3)9;/h2H,1H3;2H,11H2,1H3;1H4. The zero-order valence-electron chi connectivity index (χ0n) is 11.4.